The van der Waals surface area contributed by atoms with E-state index in [4.69, 9.17) is 10.5 Å². The number of benzene rings is 2. The van der Waals surface area contributed by atoms with E-state index in [0.717, 1.165) is 41.1 Å². The highest BCUT2D eigenvalue weighted by atomic mass is 16.5. The van der Waals surface area contributed by atoms with Gasteiger partial charge >= 0.3 is 0 Å². The third kappa shape index (κ3) is 3.04. The van der Waals surface area contributed by atoms with Crippen LogP contribution in [0.3, 0.4) is 0 Å². The van der Waals surface area contributed by atoms with Gasteiger partial charge in [0.05, 0.1) is 18.7 Å². The number of fused-ring (bicyclic) bond motifs is 1. The number of aromatic nitrogens is 1. The van der Waals surface area contributed by atoms with Crippen LogP contribution in [0.15, 0.2) is 53.3 Å². The molecule has 25 heavy (non-hydrogen) atoms. The van der Waals surface area contributed by atoms with Crippen molar-refractivity contribution in [1.29, 1.82) is 0 Å². The van der Waals surface area contributed by atoms with Crippen LogP contribution in [0.1, 0.15) is 5.56 Å². The number of nitrogens with one attached hydrogen (secondary N) is 1. The molecule has 0 saturated carbocycles. The largest absolute Gasteiger partial charge is 0.378 e. The molecule has 1 fully saturated rings. The van der Waals surface area contributed by atoms with Crippen LogP contribution < -0.4 is 16.1 Å². The minimum absolute atomic E-state index is 0.0343. The Labute approximate surface area is 146 Å². The molecule has 1 aromatic heterocycles. The molecule has 2 heterocycles. The van der Waals surface area contributed by atoms with E-state index in [0.29, 0.717) is 25.1 Å². The van der Waals surface area contributed by atoms with Gasteiger partial charge in [-0.1, -0.05) is 30.3 Å². The molecule has 0 atom stereocenters. The molecule has 4 rings (SSSR count). The first-order valence-corrected chi connectivity index (χ1v) is 8.54. The Morgan fingerprint density at radius 3 is 2.68 bits per heavy atom. The van der Waals surface area contributed by atoms with Crippen molar-refractivity contribution in [2.75, 3.05) is 31.2 Å². The van der Waals surface area contributed by atoms with E-state index in [1.54, 1.807) is 6.07 Å². The smallest absolute Gasteiger partial charge is 0.191 e. The van der Waals surface area contributed by atoms with Crippen molar-refractivity contribution in [3.63, 3.8) is 0 Å². The van der Waals surface area contributed by atoms with Crippen LogP contribution in [0.2, 0.25) is 0 Å². The lowest BCUT2D eigenvalue weighted by atomic mass is 10.00. The van der Waals surface area contributed by atoms with Crippen molar-refractivity contribution in [1.82, 2.24) is 4.98 Å². The van der Waals surface area contributed by atoms with Gasteiger partial charge in [-0.25, -0.2) is 0 Å². The van der Waals surface area contributed by atoms with Crippen molar-refractivity contribution in [2.24, 2.45) is 5.73 Å². The highest BCUT2D eigenvalue weighted by Gasteiger charge is 2.15. The van der Waals surface area contributed by atoms with Crippen LogP contribution in [-0.2, 0) is 11.3 Å². The Morgan fingerprint density at radius 1 is 1.08 bits per heavy atom. The summed E-state index contributed by atoms with van der Waals surface area (Å²) in [6.45, 7) is 3.42. The number of ether oxygens (including phenoxy) is 1. The van der Waals surface area contributed by atoms with Crippen molar-refractivity contribution in [2.45, 2.75) is 6.54 Å². The van der Waals surface area contributed by atoms with E-state index in [1.807, 2.05) is 36.4 Å². The van der Waals surface area contributed by atoms with Crippen LogP contribution in [0.5, 0.6) is 0 Å². The first kappa shape index (κ1) is 15.9. The summed E-state index contributed by atoms with van der Waals surface area (Å²) in [7, 11) is 0. The molecule has 0 unspecified atom stereocenters. The van der Waals surface area contributed by atoms with Gasteiger partial charge in [-0.05, 0) is 23.3 Å². The lowest BCUT2D eigenvalue weighted by Gasteiger charge is -2.28. The number of hydrogen-bond acceptors (Lipinski definition) is 4. The molecule has 0 spiro atoms. The summed E-state index contributed by atoms with van der Waals surface area (Å²) in [5.74, 6) is 0.850. The van der Waals surface area contributed by atoms with Crippen LogP contribution in [-0.4, -0.2) is 31.3 Å². The maximum absolute atomic E-state index is 12.7. The average molecular weight is 335 g/mol. The summed E-state index contributed by atoms with van der Waals surface area (Å²) in [5.41, 5.74) is 9.82. The number of anilines is 1. The predicted molar refractivity (Wildman–Crippen MR) is 101 cm³/mol. The van der Waals surface area contributed by atoms with Gasteiger partial charge < -0.3 is 20.4 Å². The molecule has 0 amide bonds. The molecule has 128 valence electrons. The Kier molecular flexibility index (Phi) is 4.26. The van der Waals surface area contributed by atoms with Gasteiger partial charge in [-0.15, -0.1) is 0 Å². The normalized spacial score (nSPS) is 14.8. The molecular weight excluding hydrogens is 314 g/mol. The Balaban J connectivity index is 1.89. The van der Waals surface area contributed by atoms with E-state index < -0.39 is 0 Å². The van der Waals surface area contributed by atoms with Crippen LogP contribution in [0, 0.1) is 0 Å². The molecule has 1 saturated heterocycles. The number of morpholine rings is 1. The van der Waals surface area contributed by atoms with Gasteiger partial charge in [0.1, 0.15) is 5.82 Å². The topological polar surface area (TPSA) is 71.3 Å². The molecule has 1 aliphatic rings. The lowest BCUT2D eigenvalue weighted by Crippen LogP contribution is -2.37. The molecule has 2 aromatic carbocycles. The van der Waals surface area contributed by atoms with E-state index in [9.17, 15) is 4.79 Å². The summed E-state index contributed by atoms with van der Waals surface area (Å²) in [6.07, 6.45) is 0. The number of nitrogens with zero attached hydrogens (tertiary/aromatic N) is 1. The molecular formula is C20H21N3O2. The Morgan fingerprint density at radius 2 is 1.88 bits per heavy atom. The minimum atomic E-state index is 0.0343. The number of rotatable bonds is 3. The molecule has 5 nitrogen and oxygen atoms in total. The molecule has 0 bridgehead atoms. The van der Waals surface area contributed by atoms with Crippen LogP contribution in [0.4, 0.5) is 5.82 Å². The summed E-state index contributed by atoms with van der Waals surface area (Å²) < 4.78 is 5.41. The monoisotopic (exact) mass is 335 g/mol. The zero-order valence-electron chi connectivity index (χ0n) is 14.0. The summed E-state index contributed by atoms with van der Waals surface area (Å²) in [5, 5.41) is 0.702. The number of pyridine rings is 1. The zero-order chi connectivity index (χ0) is 17.2. The third-order valence-electron chi connectivity index (χ3n) is 4.68. The van der Waals surface area contributed by atoms with E-state index >= 15 is 0 Å². The standard InChI is InChI=1S/C20H21N3O2/c21-13-14-3-1-4-15(11-14)16-5-2-6-17-18(24)12-19(22-20(16)17)23-7-9-25-10-8-23/h1-6,11-12H,7-10,13,21H2,(H,22,24). The van der Waals surface area contributed by atoms with Gasteiger partial charge in [-0.2, -0.15) is 0 Å². The molecule has 3 aromatic rings. The van der Waals surface area contributed by atoms with Gasteiger partial charge in [0.15, 0.2) is 5.43 Å². The fourth-order valence-electron chi connectivity index (χ4n) is 3.34. The summed E-state index contributed by atoms with van der Waals surface area (Å²) in [6, 6.07) is 15.7. The minimum Gasteiger partial charge on any atom is -0.378 e. The number of nitrogens with two attached hydrogens (primary N) is 1. The zero-order valence-corrected chi connectivity index (χ0v) is 14.0. The van der Waals surface area contributed by atoms with Crippen LogP contribution in [0.25, 0.3) is 22.0 Å². The van der Waals surface area contributed by atoms with E-state index in [-0.39, 0.29) is 5.43 Å². The first-order chi connectivity index (χ1) is 12.3. The van der Waals surface area contributed by atoms with Crippen molar-refractivity contribution < 1.29 is 4.74 Å². The first-order valence-electron chi connectivity index (χ1n) is 8.54. The highest BCUT2D eigenvalue weighted by Crippen LogP contribution is 2.28. The highest BCUT2D eigenvalue weighted by molar-refractivity contribution is 5.94. The van der Waals surface area contributed by atoms with Gasteiger partial charge in [0.25, 0.3) is 0 Å². The molecule has 5 heteroatoms. The fraction of sp³-hybridized carbons (Fsp3) is 0.250. The average Bonchev–Trinajstić information content (AvgIpc) is 2.68. The summed E-state index contributed by atoms with van der Waals surface area (Å²) >= 11 is 0. The second-order valence-corrected chi connectivity index (χ2v) is 6.25. The maximum atomic E-state index is 12.7. The molecule has 1 aliphatic heterocycles. The quantitative estimate of drug-likeness (QED) is 0.771. The maximum Gasteiger partial charge on any atom is 0.191 e. The van der Waals surface area contributed by atoms with Crippen molar-refractivity contribution in [3.8, 4) is 11.1 Å². The Hall–Kier alpha value is -2.63. The fourth-order valence-corrected chi connectivity index (χ4v) is 3.34. The molecule has 0 radical (unpaired) electrons. The lowest BCUT2D eigenvalue weighted by molar-refractivity contribution is 0.122. The number of H-pyrrole nitrogens is 1. The number of hydrogen-bond donors (Lipinski definition) is 2. The van der Waals surface area contributed by atoms with Gasteiger partial charge in [0, 0.05) is 36.7 Å². The third-order valence-corrected chi connectivity index (χ3v) is 4.68. The van der Waals surface area contributed by atoms with E-state index in [1.165, 1.54) is 0 Å². The van der Waals surface area contributed by atoms with Crippen molar-refractivity contribution in [3.05, 3.63) is 64.3 Å². The van der Waals surface area contributed by atoms with Crippen molar-refractivity contribution >= 4 is 16.7 Å². The predicted octanol–water partition coefficient (Wildman–Crippen LogP) is 2.49. The second kappa shape index (κ2) is 6.70. The number of aromatic amines is 1. The SMILES string of the molecule is NCc1cccc(-c2cccc3c(=O)cc(N4CCOCC4)[nH]c23)c1. The second-order valence-electron chi connectivity index (χ2n) is 6.25. The molecule has 0 aliphatic carbocycles. The molecule has 3 N–H and O–H groups in total. The van der Waals surface area contributed by atoms with Crippen LogP contribution >= 0.6 is 0 Å². The van der Waals surface area contributed by atoms with Gasteiger partial charge in [-0.3, -0.25) is 4.79 Å². The Bertz CT molecular complexity index is 959. The number of para-hydroxylation sites is 1. The summed E-state index contributed by atoms with van der Waals surface area (Å²) in [4.78, 5) is 18.3. The van der Waals surface area contributed by atoms with Gasteiger partial charge in [0.2, 0.25) is 0 Å². The van der Waals surface area contributed by atoms with E-state index in [2.05, 4.69) is 16.0 Å².